The number of hydrogen-bond acceptors (Lipinski definition) is 5. The smallest absolute Gasteiger partial charge is 0.337 e. The number of morpholine rings is 1. The van der Waals surface area contributed by atoms with E-state index < -0.39 is 0 Å². The van der Waals surface area contributed by atoms with Crippen molar-refractivity contribution in [2.45, 2.75) is 4.90 Å². The van der Waals surface area contributed by atoms with Crippen molar-refractivity contribution in [3.63, 3.8) is 0 Å². The molecule has 2 rings (SSSR count). The lowest BCUT2D eigenvalue weighted by molar-refractivity contribution is 0.0600. The molecule has 0 saturated carbocycles. The van der Waals surface area contributed by atoms with Gasteiger partial charge in [0.15, 0.2) is 0 Å². The van der Waals surface area contributed by atoms with Crippen LogP contribution in [-0.2, 0) is 9.47 Å². The number of hydrogen-bond donors (Lipinski definition) is 1. The van der Waals surface area contributed by atoms with E-state index in [4.69, 9.17) is 9.47 Å². The Kier molecular flexibility index (Phi) is 3.91. The first-order valence-corrected chi connectivity index (χ1v) is 5.90. The van der Waals surface area contributed by atoms with Crippen LogP contribution in [-0.4, -0.2) is 39.4 Å². The number of nitrogens with zero attached hydrogens (tertiary/aromatic N) is 1. The number of ether oxygens (including phenoxy) is 2. The van der Waals surface area contributed by atoms with Gasteiger partial charge in [-0.05, 0) is 18.2 Å². The van der Waals surface area contributed by atoms with Gasteiger partial charge >= 0.3 is 5.97 Å². The maximum atomic E-state index is 11.5. The maximum Gasteiger partial charge on any atom is 0.337 e. The molecule has 5 heteroatoms. The van der Waals surface area contributed by atoms with Crippen molar-refractivity contribution in [2.75, 3.05) is 38.3 Å². The van der Waals surface area contributed by atoms with E-state index in [1.807, 2.05) is 12.1 Å². The normalized spacial score (nSPS) is 15.8. The second kappa shape index (κ2) is 5.42. The second-order valence-corrected chi connectivity index (χ2v) is 4.35. The number of benzene rings is 1. The predicted molar refractivity (Wildman–Crippen MR) is 68.1 cm³/mol. The molecule has 0 radical (unpaired) electrons. The van der Waals surface area contributed by atoms with E-state index in [9.17, 15) is 4.79 Å². The van der Waals surface area contributed by atoms with Gasteiger partial charge in [-0.25, -0.2) is 4.79 Å². The molecule has 0 unspecified atom stereocenters. The first-order chi connectivity index (χ1) is 8.20. The third-order valence-corrected chi connectivity index (χ3v) is 2.96. The van der Waals surface area contributed by atoms with Crippen LogP contribution in [0.15, 0.2) is 23.1 Å². The fourth-order valence-corrected chi connectivity index (χ4v) is 2.11. The lowest BCUT2D eigenvalue weighted by atomic mass is 10.2. The van der Waals surface area contributed by atoms with Gasteiger partial charge in [0.25, 0.3) is 0 Å². The molecular formula is C12H15NO3S. The molecule has 1 heterocycles. The molecule has 1 aliphatic rings. The predicted octanol–water partition coefficient (Wildman–Crippen LogP) is 1.60. The van der Waals surface area contributed by atoms with Crippen molar-refractivity contribution in [3.8, 4) is 0 Å². The van der Waals surface area contributed by atoms with E-state index in [0.29, 0.717) is 18.8 Å². The lowest BCUT2D eigenvalue weighted by Crippen LogP contribution is -2.36. The monoisotopic (exact) mass is 253 g/mol. The van der Waals surface area contributed by atoms with Gasteiger partial charge in [0.1, 0.15) is 0 Å². The van der Waals surface area contributed by atoms with Crippen molar-refractivity contribution in [2.24, 2.45) is 0 Å². The van der Waals surface area contributed by atoms with Gasteiger partial charge in [0.05, 0.1) is 25.9 Å². The zero-order chi connectivity index (χ0) is 12.3. The zero-order valence-electron chi connectivity index (χ0n) is 9.68. The van der Waals surface area contributed by atoms with Gasteiger partial charge in [0, 0.05) is 23.7 Å². The van der Waals surface area contributed by atoms with Crippen molar-refractivity contribution in [3.05, 3.63) is 23.8 Å². The summed E-state index contributed by atoms with van der Waals surface area (Å²) in [5.41, 5.74) is 1.52. The second-order valence-electron chi connectivity index (χ2n) is 3.83. The summed E-state index contributed by atoms with van der Waals surface area (Å²) in [5, 5.41) is 0. The van der Waals surface area contributed by atoms with Gasteiger partial charge in [-0.1, -0.05) is 0 Å². The Labute approximate surface area is 106 Å². The van der Waals surface area contributed by atoms with Crippen LogP contribution in [0.2, 0.25) is 0 Å². The average Bonchev–Trinajstić information content (AvgIpc) is 2.38. The van der Waals surface area contributed by atoms with Crippen molar-refractivity contribution in [1.29, 1.82) is 0 Å². The third-order valence-electron chi connectivity index (χ3n) is 2.70. The first kappa shape index (κ1) is 12.3. The SMILES string of the molecule is COC(=O)c1cc(S)cc(N2CCOCC2)c1. The minimum atomic E-state index is -0.338. The minimum Gasteiger partial charge on any atom is -0.465 e. The highest BCUT2D eigenvalue weighted by molar-refractivity contribution is 7.80. The Morgan fingerprint density at radius 2 is 2.06 bits per heavy atom. The van der Waals surface area contributed by atoms with E-state index in [1.165, 1.54) is 7.11 Å². The number of carbonyl (C=O) groups excluding carboxylic acids is 1. The average molecular weight is 253 g/mol. The molecule has 0 N–H and O–H groups in total. The summed E-state index contributed by atoms with van der Waals surface area (Å²) in [6.45, 7) is 3.09. The summed E-state index contributed by atoms with van der Waals surface area (Å²) in [7, 11) is 1.38. The van der Waals surface area contributed by atoms with Gasteiger partial charge in [-0.3, -0.25) is 0 Å². The molecule has 92 valence electrons. The molecule has 0 bridgehead atoms. The van der Waals surface area contributed by atoms with Crippen molar-refractivity contribution < 1.29 is 14.3 Å². The molecule has 1 fully saturated rings. The minimum absolute atomic E-state index is 0.338. The van der Waals surface area contributed by atoms with E-state index >= 15 is 0 Å². The topological polar surface area (TPSA) is 38.8 Å². The maximum absolute atomic E-state index is 11.5. The summed E-state index contributed by atoms with van der Waals surface area (Å²) in [6.07, 6.45) is 0. The number of esters is 1. The Bertz CT molecular complexity index is 416. The first-order valence-electron chi connectivity index (χ1n) is 5.46. The molecule has 1 aliphatic heterocycles. The van der Waals surface area contributed by atoms with Crippen molar-refractivity contribution in [1.82, 2.24) is 0 Å². The fourth-order valence-electron chi connectivity index (χ4n) is 1.83. The van der Waals surface area contributed by atoms with E-state index in [-0.39, 0.29) is 5.97 Å². The molecular weight excluding hydrogens is 238 g/mol. The Hall–Kier alpha value is -1.20. The van der Waals surface area contributed by atoms with Crippen LogP contribution in [0.5, 0.6) is 0 Å². The van der Waals surface area contributed by atoms with E-state index in [2.05, 4.69) is 17.5 Å². The van der Waals surface area contributed by atoms with Crippen LogP contribution in [0, 0.1) is 0 Å². The molecule has 0 spiro atoms. The van der Waals surface area contributed by atoms with Crippen LogP contribution < -0.4 is 4.90 Å². The molecule has 1 saturated heterocycles. The molecule has 0 atom stereocenters. The highest BCUT2D eigenvalue weighted by Crippen LogP contribution is 2.22. The fraction of sp³-hybridized carbons (Fsp3) is 0.417. The number of rotatable bonds is 2. The number of carbonyl (C=O) groups is 1. The molecule has 1 aromatic rings. The third kappa shape index (κ3) is 2.92. The van der Waals surface area contributed by atoms with Gasteiger partial charge in [-0.15, -0.1) is 12.6 Å². The Balaban J connectivity index is 2.27. The highest BCUT2D eigenvalue weighted by atomic mass is 32.1. The van der Waals surface area contributed by atoms with E-state index in [0.717, 1.165) is 23.7 Å². The summed E-state index contributed by atoms with van der Waals surface area (Å²) in [4.78, 5) is 14.4. The summed E-state index contributed by atoms with van der Waals surface area (Å²) in [6, 6.07) is 5.48. The molecule has 4 nitrogen and oxygen atoms in total. The standard InChI is InChI=1S/C12H15NO3S/c1-15-12(14)9-6-10(8-11(17)7-9)13-2-4-16-5-3-13/h6-8,17H,2-5H2,1H3. The van der Waals surface area contributed by atoms with Crippen molar-refractivity contribution >= 4 is 24.3 Å². The zero-order valence-corrected chi connectivity index (χ0v) is 10.6. The van der Waals surface area contributed by atoms with Crippen LogP contribution in [0.3, 0.4) is 0 Å². The Morgan fingerprint density at radius 1 is 1.35 bits per heavy atom. The lowest BCUT2D eigenvalue weighted by Gasteiger charge is -2.29. The van der Waals surface area contributed by atoms with Crippen LogP contribution in [0.4, 0.5) is 5.69 Å². The summed E-state index contributed by atoms with van der Waals surface area (Å²) in [5.74, 6) is -0.338. The van der Waals surface area contributed by atoms with Gasteiger partial charge in [0.2, 0.25) is 0 Å². The van der Waals surface area contributed by atoms with Crippen LogP contribution in [0.25, 0.3) is 0 Å². The number of anilines is 1. The summed E-state index contributed by atoms with van der Waals surface area (Å²) < 4.78 is 10.0. The van der Waals surface area contributed by atoms with Crippen LogP contribution >= 0.6 is 12.6 Å². The number of thiol groups is 1. The molecule has 17 heavy (non-hydrogen) atoms. The molecule has 1 aromatic carbocycles. The van der Waals surface area contributed by atoms with E-state index in [1.54, 1.807) is 6.07 Å². The molecule has 0 amide bonds. The van der Waals surface area contributed by atoms with Crippen LogP contribution in [0.1, 0.15) is 10.4 Å². The molecule has 0 aliphatic carbocycles. The Morgan fingerprint density at radius 3 is 2.71 bits per heavy atom. The largest absolute Gasteiger partial charge is 0.465 e. The van der Waals surface area contributed by atoms with Gasteiger partial charge < -0.3 is 14.4 Å². The summed E-state index contributed by atoms with van der Waals surface area (Å²) >= 11 is 4.31. The van der Waals surface area contributed by atoms with Gasteiger partial charge in [-0.2, -0.15) is 0 Å². The quantitative estimate of drug-likeness (QED) is 0.642. The highest BCUT2D eigenvalue weighted by Gasteiger charge is 2.14. The number of methoxy groups -OCH3 is 1. The molecule has 0 aromatic heterocycles.